The second kappa shape index (κ2) is 11.3. The van der Waals surface area contributed by atoms with Gasteiger partial charge < -0.3 is 19.1 Å². The normalized spacial score (nSPS) is 10.3. The summed E-state index contributed by atoms with van der Waals surface area (Å²) in [7, 11) is 3.07. The number of methoxy groups -OCH3 is 1. The van der Waals surface area contributed by atoms with Crippen LogP contribution in [0.1, 0.15) is 18.4 Å². The van der Waals surface area contributed by atoms with Crippen molar-refractivity contribution in [3.8, 4) is 11.5 Å². The van der Waals surface area contributed by atoms with E-state index in [0.717, 1.165) is 5.75 Å². The van der Waals surface area contributed by atoms with Crippen molar-refractivity contribution >= 4 is 23.5 Å². The summed E-state index contributed by atoms with van der Waals surface area (Å²) >= 11 is 5.95. The van der Waals surface area contributed by atoms with Crippen molar-refractivity contribution in [1.82, 2.24) is 4.90 Å². The van der Waals surface area contributed by atoms with E-state index in [9.17, 15) is 14.0 Å². The average Bonchev–Trinajstić information content (AvgIpc) is 2.72. The van der Waals surface area contributed by atoms with Crippen LogP contribution in [0.25, 0.3) is 0 Å². The van der Waals surface area contributed by atoms with Gasteiger partial charge in [-0.05, 0) is 42.8 Å². The number of hydrogen-bond donors (Lipinski definition) is 0. The molecule has 0 aliphatic heterocycles. The van der Waals surface area contributed by atoms with Gasteiger partial charge in [0.25, 0.3) is 5.91 Å². The van der Waals surface area contributed by atoms with Crippen LogP contribution in [0.5, 0.6) is 11.5 Å². The molecule has 0 unspecified atom stereocenters. The molecule has 0 fully saturated rings. The number of nitrogens with zero attached hydrogens (tertiary/aromatic N) is 1. The standard InChI is InChI=1S/C21H23ClFNO5/c1-24(13-17-18(22)5-3-6-19(17)23)20(25)14-29-21(26)7-4-12-28-16-10-8-15(27-2)9-11-16/h3,5-6,8-11H,4,7,12-14H2,1-2H3. The van der Waals surface area contributed by atoms with Crippen LogP contribution in [-0.4, -0.2) is 44.1 Å². The van der Waals surface area contributed by atoms with Crippen LogP contribution >= 0.6 is 11.6 Å². The Kier molecular flexibility index (Phi) is 8.73. The highest BCUT2D eigenvalue weighted by Crippen LogP contribution is 2.20. The van der Waals surface area contributed by atoms with Gasteiger partial charge >= 0.3 is 5.97 Å². The van der Waals surface area contributed by atoms with Crippen molar-refractivity contribution < 1.29 is 28.2 Å². The van der Waals surface area contributed by atoms with E-state index in [1.165, 1.54) is 24.1 Å². The van der Waals surface area contributed by atoms with E-state index in [1.807, 2.05) is 0 Å². The van der Waals surface area contributed by atoms with Crippen molar-refractivity contribution in [1.29, 1.82) is 0 Å². The van der Waals surface area contributed by atoms with Crippen LogP contribution in [0.2, 0.25) is 5.02 Å². The lowest BCUT2D eigenvalue weighted by atomic mass is 10.2. The maximum atomic E-state index is 13.8. The maximum absolute atomic E-state index is 13.8. The van der Waals surface area contributed by atoms with Gasteiger partial charge in [-0.15, -0.1) is 0 Å². The molecule has 8 heteroatoms. The number of carbonyl (C=O) groups excluding carboxylic acids is 2. The zero-order chi connectivity index (χ0) is 21.2. The number of rotatable bonds is 10. The number of carbonyl (C=O) groups is 2. The molecule has 0 radical (unpaired) electrons. The highest BCUT2D eigenvalue weighted by Gasteiger charge is 2.16. The van der Waals surface area contributed by atoms with Gasteiger partial charge in [-0.3, -0.25) is 9.59 Å². The van der Waals surface area contributed by atoms with Crippen LogP contribution in [0.4, 0.5) is 4.39 Å². The Morgan fingerprint density at radius 1 is 1.10 bits per heavy atom. The maximum Gasteiger partial charge on any atom is 0.306 e. The molecule has 0 saturated heterocycles. The number of ether oxygens (including phenoxy) is 3. The third-order valence-corrected chi connectivity index (χ3v) is 4.45. The summed E-state index contributed by atoms with van der Waals surface area (Å²) in [5.74, 6) is -0.0530. The summed E-state index contributed by atoms with van der Waals surface area (Å²) in [5, 5.41) is 0.235. The molecule has 2 aromatic rings. The SMILES string of the molecule is COc1ccc(OCCCC(=O)OCC(=O)N(C)Cc2c(F)cccc2Cl)cc1. The fraction of sp³-hybridized carbons (Fsp3) is 0.333. The molecule has 0 saturated carbocycles. The predicted molar refractivity (Wildman–Crippen MR) is 107 cm³/mol. The van der Waals surface area contributed by atoms with Crippen molar-refractivity contribution in [2.24, 2.45) is 0 Å². The number of likely N-dealkylation sites (N-methyl/N-ethyl adjacent to an activating group) is 1. The van der Waals surface area contributed by atoms with Gasteiger partial charge in [-0.25, -0.2) is 4.39 Å². The Labute approximate surface area is 174 Å². The van der Waals surface area contributed by atoms with Gasteiger partial charge in [-0.2, -0.15) is 0 Å². The summed E-state index contributed by atoms with van der Waals surface area (Å²) in [6.07, 6.45) is 0.562. The molecular weight excluding hydrogens is 401 g/mol. The first kappa shape index (κ1) is 22.5. The summed E-state index contributed by atoms with van der Waals surface area (Å²) in [6, 6.07) is 11.4. The Bertz CT molecular complexity index is 808. The Morgan fingerprint density at radius 3 is 2.45 bits per heavy atom. The summed E-state index contributed by atoms with van der Waals surface area (Å²) < 4.78 is 29.4. The highest BCUT2D eigenvalue weighted by atomic mass is 35.5. The molecular formula is C21H23ClFNO5. The fourth-order valence-electron chi connectivity index (χ4n) is 2.41. The number of esters is 1. The van der Waals surface area contributed by atoms with Crippen molar-refractivity contribution in [2.75, 3.05) is 27.4 Å². The van der Waals surface area contributed by atoms with Gasteiger partial charge in [0.2, 0.25) is 0 Å². The van der Waals surface area contributed by atoms with E-state index < -0.39 is 24.3 Å². The van der Waals surface area contributed by atoms with Gasteiger partial charge in [0.15, 0.2) is 6.61 Å². The first-order valence-corrected chi connectivity index (χ1v) is 9.38. The molecule has 156 valence electrons. The Morgan fingerprint density at radius 2 is 1.79 bits per heavy atom. The Hall–Kier alpha value is -2.80. The van der Waals surface area contributed by atoms with Crippen LogP contribution in [-0.2, 0) is 20.9 Å². The molecule has 0 N–H and O–H groups in total. The molecule has 0 aliphatic rings. The lowest BCUT2D eigenvalue weighted by Gasteiger charge is -2.18. The van der Waals surface area contributed by atoms with E-state index in [2.05, 4.69) is 0 Å². The minimum Gasteiger partial charge on any atom is -0.497 e. The van der Waals surface area contributed by atoms with E-state index >= 15 is 0 Å². The topological polar surface area (TPSA) is 65.1 Å². The quantitative estimate of drug-likeness (QED) is 0.429. The van der Waals surface area contributed by atoms with E-state index in [1.54, 1.807) is 37.4 Å². The molecule has 2 aromatic carbocycles. The fourth-order valence-corrected chi connectivity index (χ4v) is 2.63. The second-order valence-electron chi connectivity index (χ2n) is 6.24. The molecule has 0 aliphatic carbocycles. The molecule has 0 bridgehead atoms. The zero-order valence-corrected chi connectivity index (χ0v) is 17.1. The van der Waals surface area contributed by atoms with E-state index in [-0.39, 0.29) is 23.6 Å². The van der Waals surface area contributed by atoms with Crippen LogP contribution in [0.3, 0.4) is 0 Å². The molecule has 0 atom stereocenters. The minimum absolute atomic E-state index is 0.0163. The van der Waals surface area contributed by atoms with Gasteiger partial charge in [0.05, 0.1) is 13.7 Å². The number of halogens is 2. The molecule has 29 heavy (non-hydrogen) atoms. The van der Waals surface area contributed by atoms with E-state index in [0.29, 0.717) is 18.8 Å². The average molecular weight is 424 g/mol. The minimum atomic E-state index is -0.506. The third-order valence-electron chi connectivity index (χ3n) is 4.09. The lowest BCUT2D eigenvalue weighted by molar-refractivity contribution is -0.151. The summed E-state index contributed by atoms with van der Waals surface area (Å²) in [6.45, 7) is -0.0978. The largest absolute Gasteiger partial charge is 0.497 e. The van der Waals surface area contributed by atoms with Crippen LogP contribution in [0.15, 0.2) is 42.5 Å². The summed E-state index contributed by atoms with van der Waals surface area (Å²) in [5.41, 5.74) is 0.215. The predicted octanol–water partition coefficient (Wildman–Crippen LogP) is 3.85. The van der Waals surface area contributed by atoms with Gasteiger partial charge in [0, 0.05) is 30.6 Å². The number of amides is 1. The van der Waals surface area contributed by atoms with E-state index in [4.69, 9.17) is 25.8 Å². The number of hydrogen-bond acceptors (Lipinski definition) is 5. The van der Waals surface area contributed by atoms with Gasteiger partial charge in [-0.1, -0.05) is 17.7 Å². The van der Waals surface area contributed by atoms with Crippen molar-refractivity contribution in [2.45, 2.75) is 19.4 Å². The van der Waals surface area contributed by atoms with Crippen LogP contribution < -0.4 is 9.47 Å². The first-order valence-electron chi connectivity index (χ1n) is 9.00. The third kappa shape index (κ3) is 7.27. The molecule has 0 aromatic heterocycles. The molecule has 2 rings (SSSR count). The summed E-state index contributed by atoms with van der Waals surface area (Å²) in [4.78, 5) is 25.1. The second-order valence-corrected chi connectivity index (χ2v) is 6.65. The van der Waals surface area contributed by atoms with Crippen molar-refractivity contribution in [3.63, 3.8) is 0 Å². The van der Waals surface area contributed by atoms with Crippen LogP contribution in [0, 0.1) is 5.82 Å². The molecule has 1 amide bonds. The monoisotopic (exact) mass is 423 g/mol. The highest BCUT2D eigenvalue weighted by molar-refractivity contribution is 6.31. The number of benzene rings is 2. The molecule has 6 nitrogen and oxygen atoms in total. The van der Waals surface area contributed by atoms with Crippen molar-refractivity contribution in [3.05, 3.63) is 58.9 Å². The Balaban J connectivity index is 1.66. The lowest BCUT2D eigenvalue weighted by Crippen LogP contribution is -2.31. The molecule has 0 spiro atoms. The smallest absolute Gasteiger partial charge is 0.306 e. The molecule has 0 heterocycles. The first-order chi connectivity index (χ1) is 13.9. The van der Waals surface area contributed by atoms with Gasteiger partial charge in [0.1, 0.15) is 17.3 Å². The zero-order valence-electron chi connectivity index (χ0n) is 16.3.